The summed E-state index contributed by atoms with van der Waals surface area (Å²) < 4.78 is 11.3. The molecule has 2 fully saturated rings. The van der Waals surface area contributed by atoms with Gasteiger partial charge in [-0.3, -0.25) is 19.6 Å². The third-order valence-corrected chi connectivity index (χ3v) is 9.64. The third-order valence-electron chi connectivity index (χ3n) is 7.21. The number of para-hydroxylation sites is 2. The van der Waals surface area contributed by atoms with Crippen LogP contribution >= 0.6 is 21.6 Å². The average Bonchev–Trinajstić information content (AvgIpc) is 3.72. The monoisotopic (exact) mass is 574 g/mol. The molecule has 4 heterocycles. The molecule has 0 saturated carbocycles. The van der Waals surface area contributed by atoms with Gasteiger partial charge in [-0.1, -0.05) is 45.9 Å². The molecular formula is C30H30N4O4S2. The van der Waals surface area contributed by atoms with E-state index in [-0.39, 0.29) is 24.0 Å². The summed E-state index contributed by atoms with van der Waals surface area (Å²) in [6, 6.07) is 15.3. The maximum absolute atomic E-state index is 13.0. The van der Waals surface area contributed by atoms with Crippen LogP contribution in [0.5, 0.6) is 0 Å². The normalized spacial score (nSPS) is 18.8. The number of benzene rings is 2. The Bertz CT molecular complexity index is 1420. The van der Waals surface area contributed by atoms with E-state index in [0.717, 1.165) is 70.5 Å². The summed E-state index contributed by atoms with van der Waals surface area (Å²) in [7, 11) is 3.12. The number of nitrogens with one attached hydrogen (secondary N) is 2. The van der Waals surface area contributed by atoms with E-state index < -0.39 is 0 Å². The van der Waals surface area contributed by atoms with Crippen LogP contribution in [0, 0.1) is 0 Å². The molecular weight excluding hydrogens is 544 g/mol. The van der Waals surface area contributed by atoms with Crippen LogP contribution < -0.4 is 10.6 Å². The van der Waals surface area contributed by atoms with Crippen LogP contribution in [-0.4, -0.2) is 60.3 Å². The van der Waals surface area contributed by atoms with Gasteiger partial charge in [0.25, 0.3) is 11.8 Å². The molecule has 0 radical (unpaired) electrons. The van der Waals surface area contributed by atoms with Gasteiger partial charge in [0.05, 0.1) is 34.4 Å². The molecule has 2 aromatic carbocycles. The molecule has 0 unspecified atom stereocenters. The van der Waals surface area contributed by atoms with E-state index in [2.05, 4.69) is 20.6 Å². The number of aromatic nitrogens is 2. The number of hydrogen-bond acceptors (Lipinski definition) is 8. The number of amides is 2. The Balaban J connectivity index is 1.19. The highest BCUT2D eigenvalue weighted by Crippen LogP contribution is 2.42. The highest BCUT2D eigenvalue weighted by molar-refractivity contribution is 8.76. The van der Waals surface area contributed by atoms with E-state index in [1.54, 1.807) is 46.1 Å². The predicted octanol–water partition coefficient (Wildman–Crippen LogP) is 5.40. The molecule has 2 atom stereocenters. The van der Waals surface area contributed by atoms with E-state index in [0.29, 0.717) is 24.2 Å². The second-order valence-corrected chi connectivity index (χ2v) is 12.1. The van der Waals surface area contributed by atoms with Gasteiger partial charge >= 0.3 is 0 Å². The van der Waals surface area contributed by atoms with Crippen molar-refractivity contribution in [2.75, 3.05) is 26.3 Å². The Hall–Kier alpha value is -3.18. The van der Waals surface area contributed by atoms with E-state index in [4.69, 9.17) is 9.47 Å². The summed E-state index contributed by atoms with van der Waals surface area (Å²) in [6.07, 6.45) is 7.54. The zero-order valence-corrected chi connectivity index (χ0v) is 23.6. The minimum atomic E-state index is -0.124. The molecule has 2 amide bonds. The van der Waals surface area contributed by atoms with Gasteiger partial charge in [0, 0.05) is 59.3 Å². The number of rotatable bonds is 9. The number of ether oxygens (including phenoxy) is 2. The van der Waals surface area contributed by atoms with Crippen molar-refractivity contribution in [2.24, 2.45) is 0 Å². The van der Waals surface area contributed by atoms with Crippen LogP contribution in [-0.2, 0) is 9.47 Å². The molecule has 4 aromatic rings. The molecule has 206 valence electrons. The Morgan fingerprint density at radius 1 is 0.725 bits per heavy atom. The standard InChI is InChI=1S/C30H30N4O4S2/c35-29(33-17-19-5-3-15-37-19)23-11-13-31-27-21(23)7-1-9-25(27)39-40-26-10-2-8-22-24(12-14-32-28(22)26)30(36)34-18-20-6-4-16-38-20/h1-2,7-14,19-20H,3-6,15-18H2,(H,33,35)(H,34,36)/t19-,20-/m0/s1. The third kappa shape index (κ3) is 5.95. The number of fused-ring (bicyclic) bond motifs is 2. The first-order valence-corrected chi connectivity index (χ1v) is 15.7. The second kappa shape index (κ2) is 12.6. The molecule has 8 nitrogen and oxygen atoms in total. The zero-order chi connectivity index (χ0) is 27.3. The highest BCUT2D eigenvalue weighted by Gasteiger charge is 2.20. The Morgan fingerprint density at radius 3 is 1.62 bits per heavy atom. The lowest BCUT2D eigenvalue weighted by Gasteiger charge is -2.13. The molecule has 40 heavy (non-hydrogen) atoms. The average molecular weight is 575 g/mol. The van der Waals surface area contributed by atoms with Gasteiger partial charge in [0.2, 0.25) is 0 Å². The van der Waals surface area contributed by atoms with Crippen LogP contribution in [0.2, 0.25) is 0 Å². The lowest BCUT2D eigenvalue weighted by molar-refractivity contribution is 0.0855. The van der Waals surface area contributed by atoms with Gasteiger partial charge in [-0.15, -0.1) is 0 Å². The van der Waals surface area contributed by atoms with Gasteiger partial charge in [0.1, 0.15) is 0 Å². The topological polar surface area (TPSA) is 102 Å². The fourth-order valence-corrected chi connectivity index (χ4v) is 7.41. The summed E-state index contributed by atoms with van der Waals surface area (Å²) in [5.41, 5.74) is 2.74. The molecule has 2 aliphatic heterocycles. The number of pyridine rings is 2. The maximum atomic E-state index is 13.0. The smallest absolute Gasteiger partial charge is 0.252 e. The quantitative estimate of drug-likeness (QED) is 0.256. The summed E-state index contributed by atoms with van der Waals surface area (Å²) in [5.74, 6) is -0.248. The maximum Gasteiger partial charge on any atom is 0.252 e. The van der Waals surface area contributed by atoms with E-state index in [9.17, 15) is 9.59 Å². The fraction of sp³-hybridized carbons (Fsp3) is 0.333. The van der Waals surface area contributed by atoms with Crippen LogP contribution in [0.3, 0.4) is 0 Å². The Labute approximate surface area is 240 Å². The molecule has 10 heteroatoms. The summed E-state index contributed by atoms with van der Waals surface area (Å²) in [4.78, 5) is 37.1. The molecule has 2 aromatic heterocycles. The Kier molecular flexibility index (Phi) is 8.48. The van der Waals surface area contributed by atoms with Gasteiger partial charge in [0.15, 0.2) is 0 Å². The van der Waals surface area contributed by atoms with E-state index in [1.165, 1.54) is 0 Å². The lowest BCUT2D eigenvalue weighted by Crippen LogP contribution is -2.31. The molecule has 2 saturated heterocycles. The van der Waals surface area contributed by atoms with Crippen molar-refractivity contribution in [2.45, 2.75) is 47.7 Å². The molecule has 6 rings (SSSR count). The van der Waals surface area contributed by atoms with Crippen molar-refractivity contribution in [3.63, 3.8) is 0 Å². The van der Waals surface area contributed by atoms with Crippen molar-refractivity contribution in [1.82, 2.24) is 20.6 Å². The highest BCUT2D eigenvalue weighted by atomic mass is 33.1. The molecule has 2 N–H and O–H groups in total. The van der Waals surface area contributed by atoms with Gasteiger partial charge in [-0.05, 0) is 49.9 Å². The van der Waals surface area contributed by atoms with Crippen LogP contribution in [0.4, 0.5) is 0 Å². The summed E-state index contributed by atoms with van der Waals surface area (Å²) in [6.45, 7) is 2.53. The van der Waals surface area contributed by atoms with E-state index in [1.807, 2.05) is 36.4 Å². The van der Waals surface area contributed by atoms with Crippen molar-refractivity contribution >= 4 is 55.2 Å². The van der Waals surface area contributed by atoms with Crippen LogP contribution in [0.25, 0.3) is 21.8 Å². The minimum absolute atomic E-state index is 0.0850. The Morgan fingerprint density at radius 2 is 1.20 bits per heavy atom. The number of nitrogens with zero attached hydrogens (tertiary/aromatic N) is 2. The number of carbonyl (C=O) groups is 2. The van der Waals surface area contributed by atoms with Crippen molar-refractivity contribution in [3.05, 3.63) is 72.1 Å². The first-order valence-electron chi connectivity index (χ1n) is 13.6. The molecule has 0 spiro atoms. The van der Waals surface area contributed by atoms with Crippen molar-refractivity contribution < 1.29 is 19.1 Å². The van der Waals surface area contributed by atoms with Gasteiger partial charge in [-0.25, -0.2) is 0 Å². The van der Waals surface area contributed by atoms with Gasteiger partial charge in [-0.2, -0.15) is 0 Å². The molecule has 2 aliphatic rings. The van der Waals surface area contributed by atoms with Crippen LogP contribution in [0.15, 0.2) is 70.7 Å². The summed E-state index contributed by atoms with van der Waals surface area (Å²) >= 11 is 0. The minimum Gasteiger partial charge on any atom is -0.376 e. The first-order chi connectivity index (χ1) is 19.7. The second-order valence-electron chi connectivity index (χ2n) is 9.88. The number of carbonyl (C=O) groups excluding carboxylic acids is 2. The SMILES string of the molecule is O=C(NC[C@@H]1CCCO1)c1ccnc2c(SSc3cccc4c(C(=O)NC[C@@H]5CCCO5)ccnc34)cccc12. The zero-order valence-electron chi connectivity index (χ0n) is 21.9. The lowest BCUT2D eigenvalue weighted by atomic mass is 10.1. The fourth-order valence-electron chi connectivity index (χ4n) is 5.13. The molecule has 0 aliphatic carbocycles. The first kappa shape index (κ1) is 27.0. The largest absolute Gasteiger partial charge is 0.376 e. The van der Waals surface area contributed by atoms with Crippen molar-refractivity contribution in [1.29, 1.82) is 0 Å². The predicted molar refractivity (Wildman–Crippen MR) is 158 cm³/mol. The van der Waals surface area contributed by atoms with Gasteiger partial charge < -0.3 is 20.1 Å². The van der Waals surface area contributed by atoms with Crippen LogP contribution in [0.1, 0.15) is 46.4 Å². The summed E-state index contributed by atoms with van der Waals surface area (Å²) in [5, 5.41) is 7.65. The number of hydrogen-bond donors (Lipinski definition) is 2. The van der Waals surface area contributed by atoms with E-state index >= 15 is 0 Å². The van der Waals surface area contributed by atoms with Crippen molar-refractivity contribution in [3.8, 4) is 0 Å². The molecule has 0 bridgehead atoms.